The van der Waals surface area contributed by atoms with Gasteiger partial charge in [0.1, 0.15) is 47.8 Å². The molecule has 0 radical (unpaired) electrons. The maximum Gasteiger partial charge on any atom is 0.187 e. The maximum absolute atomic E-state index is 10.5. The zero-order chi connectivity index (χ0) is 24.6. The van der Waals surface area contributed by atoms with Crippen molar-refractivity contribution in [2.45, 2.75) is 49.3 Å². The van der Waals surface area contributed by atoms with E-state index < -0.39 is 49.5 Å². The molecule has 2 heterocycles. The van der Waals surface area contributed by atoms with E-state index in [-0.39, 0.29) is 23.7 Å². The molecule has 0 saturated carbocycles. The van der Waals surface area contributed by atoms with Gasteiger partial charge in [-0.1, -0.05) is 6.07 Å². The zero-order valence-corrected chi connectivity index (χ0v) is 18.6. The number of aliphatic hydroxyl groups excluding tert-OH is 4. The highest BCUT2D eigenvalue weighted by Crippen LogP contribution is 2.45. The zero-order valence-electron chi connectivity index (χ0n) is 18.6. The fourth-order valence-corrected chi connectivity index (χ4v) is 4.24. The summed E-state index contributed by atoms with van der Waals surface area (Å²) < 4.78 is 28.3. The van der Waals surface area contributed by atoms with E-state index >= 15 is 0 Å². The summed E-state index contributed by atoms with van der Waals surface area (Å²) in [6, 6.07) is 7.47. The average molecular weight is 480 g/mol. The minimum absolute atomic E-state index is 0.0639. The van der Waals surface area contributed by atoms with E-state index in [2.05, 4.69) is 0 Å². The number of phenols is 2. The Kier molecular flexibility index (Phi) is 7.03. The number of hydrogen-bond donors (Lipinski definition) is 6. The van der Waals surface area contributed by atoms with Gasteiger partial charge in [-0.15, -0.1) is 0 Å². The van der Waals surface area contributed by atoms with Crippen LogP contribution in [0.2, 0.25) is 0 Å². The van der Waals surface area contributed by atoms with Gasteiger partial charge < -0.3 is 54.3 Å². The SMILES string of the molecule is COc1cc(C2Oc3cc(O)cc(OC)c3CC2OC2OC(CO)C(O)C(O)C2O)ccc1O. The normalized spacial score (nSPS) is 30.8. The average Bonchev–Trinajstić information content (AvgIpc) is 2.83. The lowest BCUT2D eigenvalue weighted by Gasteiger charge is -2.43. The first-order chi connectivity index (χ1) is 16.3. The summed E-state index contributed by atoms with van der Waals surface area (Å²) in [4.78, 5) is 0. The fourth-order valence-electron chi connectivity index (χ4n) is 4.24. The fraction of sp³-hybridized carbons (Fsp3) is 0.478. The second kappa shape index (κ2) is 9.82. The van der Waals surface area contributed by atoms with Crippen LogP contribution in [0.1, 0.15) is 17.2 Å². The van der Waals surface area contributed by atoms with Gasteiger partial charge >= 0.3 is 0 Å². The molecule has 2 aromatic rings. The number of hydrogen-bond acceptors (Lipinski definition) is 11. The van der Waals surface area contributed by atoms with Crippen LogP contribution in [0, 0.1) is 0 Å². The van der Waals surface area contributed by atoms with Crippen LogP contribution in [0.4, 0.5) is 0 Å². The first-order valence-electron chi connectivity index (χ1n) is 10.7. The third kappa shape index (κ3) is 4.45. The van der Waals surface area contributed by atoms with Crippen molar-refractivity contribution in [3.8, 4) is 28.7 Å². The van der Waals surface area contributed by atoms with Crippen LogP contribution in [0.25, 0.3) is 0 Å². The van der Waals surface area contributed by atoms with E-state index in [1.54, 1.807) is 12.1 Å². The predicted molar refractivity (Wildman–Crippen MR) is 115 cm³/mol. The van der Waals surface area contributed by atoms with Crippen LogP contribution >= 0.6 is 0 Å². The summed E-state index contributed by atoms with van der Waals surface area (Å²) in [5.74, 6) is 0.771. The van der Waals surface area contributed by atoms with Gasteiger partial charge in [-0.3, -0.25) is 0 Å². The van der Waals surface area contributed by atoms with E-state index in [0.29, 0.717) is 22.6 Å². The van der Waals surface area contributed by atoms with Gasteiger partial charge in [0.15, 0.2) is 23.9 Å². The minimum Gasteiger partial charge on any atom is -0.508 e. The number of methoxy groups -OCH3 is 2. The van der Waals surface area contributed by atoms with Gasteiger partial charge in [-0.2, -0.15) is 0 Å². The Morgan fingerprint density at radius 2 is 1.68 bits per heavy atom. The summed E-state index contributed by atoms with van der Waals surface area (Å²) in [6.45, 7) is -0.597. The summed E-state index contributed by atoms with van der Waals surface area (Å²) >= 11 is 0. The monoisotopic (exact) mass is 480 g/mol. The molecule has 186 valence electrons. The Morgan fingerprint density at radius 3 is 2.35 bits per heavy atom. The van der Waals surface area contributed by atoms with Gasteiger partial charge in [0, 0.05) is 24.1 Å². The Balaban J connectivity index is 1.71. The second-order valence-corrected chi connectivity index (χ2v) is 8.17. The van der Waals surface area contributed by atoms with Gasteiger partial charge in [0.25, 0.3) is 0 Å². The number of aromatic hydroxyl groups is 2. The second-order valence-electron chi connectivity index (χ2n) is 8.17. The van der Waals surface area contributed by atoms with Crippen LogP contribution in [0.5, 0.6) is 28.7 Å². The molecule has 1 saturated heterocycles. The maximum atomic E-state index is 10.5. The number of aliphatic hydroxyl groups is 4. The Bertz CT molecular complexity index is 1010. The molecule has 2 aliphatic heterocycles. The van der Waals surface area contributed by atoms with Gasteiger partial charge in [0.2, 0.25) is 0 Å². The van der Waals surface area contributed by atoms with Crippen LogP contribution in [-0.2, 0) is 15.9 Å². The van der Waals surface area contributed by atoms with Crippen LogP contribution in [-0.4, -0.2) is 88.3 Å². The van der Waals surface area contributed by atoms with Crippen molar-refractivity contribution in [3.05, 3.63) is 41.5 Å². The number of benzene rings is 2. The van der Waals surface area contributed by atoms with E-state index in [1.807, 2.05) is 0 Å². The molecular weight excluding hydrogens is 452 g/mol. The molecule has 0 bridgehead atoms. The van der Waals surface area contributed by atoms with Crippen molar-refractivity contribution in [2.24, 2.45) is 0 Å². The first-order valence-corrected chi connectivity index (χ1v) is 10.7. The predicted octanol–water partition coefficient (Wildman–Crippen LogP) is -0.0237. The molecular formula is C23H28O11. The Morgan fingerprint density at radius 1 is 0.941 bits per heavy atom. The largest absolute Gasteiger partial charge is 0.508 e. The first kappa shape index (κ1) is 24.3. The van der Waals surface area contributed by atoms with Crippen molar-refractivity contribution in [1.29, 1.82) is 0 Å². The Labute approximate surface area is 195 Å². The molecule has 0 aromatic heterocycles. The van der Waals surface area contributed by atoms with E-state index in [9.17, 15) is 30.6 Å². The summed E-state index contributed by atoms with van der Waals surface area (Å²) in [6.07, 6.45) is -8.70. The molecule has 11 heteroatoms. The molecule has 0 amide bonds. The van der Waals surface area contributed by atoms with Crippen molar-refractivity contribution >= 4 is 0 Å². The molecule has 0 spiro atoms. The van der Waals surface area contributed by atoms with Gasteiger partial charge in [-0.05, 0) is 17.7 Å². The molecule has 2 aromatic carbocycles. The summed E-state index contributed by atoms with van der Waals surface area (Å²) in [7, 11) is 2.85. The standard InChI is InChI=1S/C23H28O11/c1-30-14-6-11(25)7-15-12(14)8-17(22(32-15)10-3-4-13(26)16(5-10)31-2)33-23-21(29)20(28)19(27)18(9-24)34-23/h3-7,17-29H,8-9H2,1-2H3. The molecule has 2 aliphatic rings. The van der Waals surface area contributed by atoms with Crippen LogP contribution in [0.3, 0.4) is 0 Å². The highest BCUT2D eigenvalue weighted by Gasteiger charge is 2.46. The lowest BCUT2D eigenvalue weighted by atomic mass is 9.93. The topological polar surface area (TPSA) is 168 Å². The molecule has 11 nitrogen and oxygen atoms in total. The number of ether oxygens (including phenoxy) is 5. The van der Waals surface area contributed by atoms with Gasteiger partial charge in [0.05, 0.1) is 20.8 Å². The molecule has 6 N–H and O–H groups in total. The van der Waals surface area contributed by atoms with Gasteiger partial charge in [-0.25, -0.2) is 0 Å². The van der Waals surface area contributed by atoms with E-state index in [4.69, 9.17) is 23.7 Å². The Hall–Kier alpha value is -2.80. The van der Waals surface area contributed by atoms with Crippen molar-refractivity contribution < 1.29 is 54.3 Å². The quantitative estimate of drug-likeness (QED) is 0.329. The molecule has 7 unspecified atom stereocenters. The summed E-state index contributed by atoms with van der Waals surface area (Å²) in [5, 5.41) is 60.2. The van der Waals surface area contributed by atoms with E-state index in [0.717, 1.165) is 0 Å². The van der Waals surface area contributed by atoms with Crippen LogP contribution in [0.15, 0.2) is 30.3 Å². The molecule has 4 rings (SSSR count). The van der Waals surface area contributed by atoms with Crippen molar-refractivity contribution in [2.75, 3.05) is 20.8 Å². The van der Waals surface area contributed by atoms with Crippen LogP contribution < -0.4 is 14.2 Å². The number of phenolic OH excluding ortho intramolecular Hbond substituents is 2. The lowest BCUT2D eigenvalue weighted by molar-refractivity contribution is -0.317. The minimum atomic E-state index is -1.61. The number of fused-ring (bicyclic) bond motifs is 1. The van der Waals surface area contributed by atoms with Crippen molar-refractivity contribution in [1.82, 2.24) is 0 Å². The summed E-state index contributed by atoms with van der Waals surface area (Å²) in [5.41, 5.74) is 1.15. The smallest absolute Gasteiger partial charge is 0.187 e. The lowest BCUT2D eigenvalue weighted by Crippen LogP contribution is -2.60. The third-order valence-electron chi connectivity index (χ3n) is 6.06. The molecule has 34 heavy (non-hydrogen) atoms. The number of rotatable bonds is 6. The third-order valence-corrected chi connectivity index (χ3v) is 6.06. The highest BCUT2D eigenvalue weighted by molar-refractivity contribution is 5.52. The van der Waals surface area contributed by atoms with Crippen molar-refractivity contribution in [3.63, 3.8) is 0 Å². The highest BCUT2D eigenvalue weighted by atomic mass is 16.7. The van der Waals surface area contributed by atoms with E-state index in [1.165, 1.54) is 32.4 Å². The molecule has 7 atom stereocenters. The molecule has 0 aliphatic carbocycles. The molecule has 1 fully saturated rings.